The van der Waals surface area contributed by atoms with Gasteiger partial charge in [-0.25, -0.2) is 0 Å². The number of rotatable bonds is 8. The highest BCUT2D eigenvalue weighted by atomic mass is 16.5. The van der Waals surface area contributed by atoms with Crippen molar-refractivity contribution >= 4 is 5.91 Å². The molecular weight excluding hydrogens is 290 g/mol. The number of benzene rings is 2. The van der Waals surface area contributed by atoms with Gasteiger partial charge in [0.05, 0.1) is 13.0 Å². The Bertz CT molecular complexity index is 613. The summed E-state index contributed by atoms with van der Waals surface area (Å²) in [5.74, 6) is 0.774. The Morgan fingerprint density at radius 2 is 1.83 bits per heavy atom. The molecule has 0 fully saturated rings. The molecule has 4 heteroatoms. The minimum absolute atomic E-state index is 0.0671. The largest absolute Gasteiger partial charge is 0.492 e. The number of carbonyl (C=O) groups excluding carboxylic acids is 1. The quantitative estimate of drug-likeness (QED) is 0.788. The topological polar surface area (TPSA) is 58.6 Å². The molecule has 0 radical (unpaired) electrons. The molecule has 23 heavy (non-hydrogen) atoms. The fourth-order valence-electron chi connectivity index (χ4n) is 2.14. The van der Waals surface area contributed by atoms with Crippen LogP contribution in [0.3, 0.4) is 0 Å². The van der Waals surface area contributed by atoms with Crippen LogP contribution < -0.4 is 10.1 Å². The van der Waals surface area contributed by atoms with Gasteiger partial charge in [0.1, 0.15) is 5.75 Å². The molecule has 1 amide bonds. The summed E-state index contributed by atoms with van der Waals surface area (Å²) in [4.78, 5) is 11.7. The Labute approximate surface area is 137 Å². The number of para-hydroxylation sites is 1. The minimum atomic E-state index is -0.0671. The molecule has 0 saturated heterocycles. The molecule has 2 aromatic rings. The lowest BCUT2D eigenvalue weighted by Crippen LogP contribution is -2.30. The molecule has 0 aliphatic rings. The number of amides is 1. The van der Waals surface area contributed by atoms with E-state index in [0.717, 1.165) is 16.9 Å². The first-order valence-electron chi connectivity index (χ1n) is 7.85. The average molecular weight is 313 g/mol. The number of ether oxygens (including phenoxy) is 1. The summed E-state index contributed by atoms with van der Waals surface area (Å²) in [5, 5.41) is 11.7. The number of aliphatic hydroxyl groups is 1. The van der Waals surface area contributed by atoms with E-state index in [1.54, 1.807) is 0 Å². The van der Waals surface area contributed by atoms with Gasteiger partial charge in [0, 0.05) is 18.7 Å². The van der Waals surface area contributed by atoms with Crippen molar-refractivity contribution in [2.45, 2.75) is 13.3 Å². The van der Waals surface area contributed by atoms with Crippen LogP contribution in [-0.4, -0.2) is 30.8 Å². The second-order valence-corrected chi connectivity index (χ2v) is 5.55. The monoisotopic (exact) mass is 313 g/mol. The van der Waals surface area contributed by atoms with Crippen molar-refractivity contribution in [3.63, 3.8) is 0 Å². The zero-order valence-corrected chi connectivity index (χ0v) is 13.4. The lowest BCUT2D eigenvalue weighted by atomic mass is 10.1. The molecule has 0 spiro atoms. The van der Waals surface area contributed by atoms with Crippen LogP contribution in [0.1, 0.15) is 13.3 Å². The van der Waals surface area contributed by atoms with E-state index < -0.39 is 0 Å². The van der Waals surface area contributed by atoms with Gasteiger partial charge in [-0.05, 0) is 17.5 Å². The summed E-state index contributed by atoms with van der Waals surface area (Å²) in [6.45, 7) is 2.76. The van der Waals surface area contributed by atoms with Crippen LogP contribution in [0, 0.1) is 5.92 Å². The van der Waals surface area contributed by atoms with Crippen LogP contribution in [-0.2, 0) is 4.79 Å². The summed E-state index contributed by atoms with van der Waals surface area (Å²) in [6.07, 6.45) is 0.293. The zero-order chi connectivity index (χ0) is 16.5. The van der Waals surface area contributed by atoms with Crippen LogP contribution in [0.5, 0.6) is 5.75 Å². The Balaban J connectivity index is 1.88. The third kappa shape index (κ3) is 5.42. The lowest BCUT2D eigenvalue weighted by molar-refractivity contribution is -0.121. The van der Waals surface area contributed by atoms with E-state index >= 15 is 0 Å². The lowest BCUT2D eigenvalue weighted by Gasteiger charge is -2.12. The maximum Gasteiger partial charge on any atom is 0.223 e. The second kappa shape index (κ2) is 8.96. The SMILES string of the molecule is CC(CO)CNC(=O)CCOc1ccccc1-c1ccccc1. The fourth-order valence-corrected chi connectivity index (χ4v) is 2.14. The van der Waals surface area contributed by atoms with Crippen molar-refractivity contribution in [3.05, 3.63) is 54.6 Å². The summed E-state index contributed by atoms with van der Waals surface area (Å²) in [6, 6.07) is 17.8. The first-order valence-corrected chi connectivity index (χ1v) is 7.85. The van der Waals surface area contributed by atoms with Gasteiger partial charge in [-0.2, -0.15) is 0 Å². The van der Waals surface area contributed by atoms with Crippen molar-refractivity contribution in [2.24, 2.45) is 5.92 Å². The molecule has 2 aromatic carbocycles. The molecule has 122 valence electrons. The molecule has 0 saturated carbocycles. The normalized spacial score (nSPS) is 11.7. The van der Waals surface area contributed by atoms with E-state index in [1.165, 1.54) is 0 Å². The molecule has 0 aliphatic heterocycles. The van der Waals surface area contributed by atoms with Crippen molar-refractivity contribution in [3.8, 4) is 16.9 Å². The van der Waals surface area contributed by atoms with Gasteiger partial charge in [-0.3, -0.25) is 4.79 Å². The molecule has 2 N–H and O–H groups in total. The van der Waals surface area contributed by atoms with Crippen molar-refractivity contribution < 1.29 is 14.6 Å². The maximum atomic E-state index is 11.7. The zero-order valence-electron chi connectivity index (χ0n) is 13.4. The predicted molar refractivity (Wildman–Crippen MR) is 91.2 cm³/mol. The van der Waals surface area contributed by atoms with E-state index in [4.69, 9.17) is 9.84 Å². The second-order valence-electron chi connectivity index (χ2n) is 5.55. The van der Waals surface area contributed by atoms with Crippen LogP contribution in [0.4, 0.5) is 0 Å². The molecule has 4 nitrogen and oxygen atoms in total. The Hall–Kier alpha value is -2.33. The first-order chi connectivity index (χ1) is 11.2. The molecule has 2 rings (SSSR count). The highest BCUT2D eigenvalue weighted by molar-refractivity contribution is 5.76. The molecule has 0 aliphatic carbocycles. The molecule has 0 heterocycles. The van der Waals surface area contributed by atoms with E-state index in [1.807, 2.05) is 61.5 Å². The highest BCUT2D eigenvalue weighted by Crippen LogP contribution is 2.29. The summed E-state index contributed by atoms with van der Waals surface area (Å²) in [5.41, 5.74) is 2.10. The average Bonchev–Trinajstić information content (AvgIpc) is 2.61. The summed E-state index contributed by atoms with van der Waals surface area (Å²) < 4.78 is 5.79. The van der Waals surface area contributed by atoms with Gasteiger partial charge in [0.2, 0.25) is 5.91 Å². The van der Waals surface area contributed by atoms with Gasteiger partial charge in [-0.1, -0.05) is 55.5 Å². The number of hydrogen-bond donors (Lipinski definition) is 2. The van der Waals surface area contributed by atoms with Gasteiger partial charge >= 0.3 is 0 Å². The van der Waals surface area contributed by atoms with E-state index in [9.17, 15) is 4.79 Å². The van der Waals surface area contributed by atoms with E-state index in [2.05, 4.69) is 5.32 Å². The number of aliphatic hydroxyl groups excluding tert-OH is 1. The standard InChI is InChI=1S/C19H23NO3/c1-15(14-21)13-20-19(22)11-12-23-18-10-6-5-9-17(18)16-7-3-2-4-8-16/h2-10,15,21H,11-14H2,1H3,(H,20,22). The molecular formula is C19H23NO3. The summed E-state index contributed by atoms with van der Waals surface area (Å²) >= 11 is 0. The van der Waals surface area contributed by atoms with E-state index in [-0.39, 0.29) is 18.4 Å². The van der Waals surface area contributed by atoms with Crippen molar-refractivity contribution in [2.75, 3.05) is 19.8 Å². The molecule has 1 unspecified atom stereocenters. The Morgan fingerprint density at radius 1 is 1.13 bits per heavy atom. The predicted octanol–water partition coefficient (Wildman–Crippen LogP) is 2.87. The van der Waals surface area contributed by atoms with Gasteiger partial charge in [-0.15, -0.1) is 0 Å². The molecule has 0 bridgehead atoms. The highest BCUT2D eigenvalue weighted by Gasteiger charge is 2.08. The fraction of sp³-hybridized carbons (Fsp3) is 0.316. The van der Waals surface area contributed by atoms with E-state index in [0.29, 0.717) is 19.6 Å². The Morgan fingerprint density at radius 3 is 2.57 bits per heavy atom. The van der Waals surface area contributed by atoms with Crippen molar-refractivity contribution in [1.82, 2.24) is 5.32 Å². The van der Waals surface area contributed by atoms with Gasteiger partial charge in [0.15, 0.2) is 0 Å². The number of carbonyl (C=O) groups is 1. The third-order valence-corrected chi connectivity index (χ3v) is 3.52. The van der Waals surface area contributed by atoms with Crippen molar-refractivity contribution in [1.29, 1.82) is 0 Å². The van der Waals surface area contributed by atoms with Gasteiger partial charge < -0.3 is 15.2 Å². The number of nitrogens with one attached hydrogen (secondary N) is 1. The molecule has 1 atom stereocenters. The van der Waals surface area contributed by atoms with Crippen LogP contribution in [0.15, 0.2) is 54.6 Å². The van der Waals surface area contributed by atoms with Crippen LogP contribution in [0.2, 0.25) is 0 Å². The first kappa shape index (κ1) is 17.0. The third-order valence-electron chi connectivity index (χ3n) is 3.52. The van der Waals surface area contributed by atoms with Gasteiger partial charge in [0.25, 0.3) is 0 Å². The minimum Gasteiger partial charge on any atom is -0.492 e. The van der Waals surface area contributed by atoms with Crippen LogP contribution >= 0.6 is 0 Å². The number of hydrogen-bond acceptors (Lipinski definition) is 3. The smallest absolute Gasteiger partial charge is 0.223 e. The Kier molecular flexibility index (Phi) is 6.63. The molecule has 0 aromatic heterocycles. The van der Waals surface area contributed by atoms with Crippen LogP contribution in [0.25, 0.3) is 11.1 Å². The summed E-state index contributed by atoms with van der Waals surface area (Å²) in [7, 11) is 0. The maximum absolute atomic E-state index is 11.7.